The molecule has 0 amide bonds. The summed E-state index contributed by atoms with van der Waals surface area (Å²) in [6.45, 7) is 10.6. The van der Waals surface area contributed by atoms with Gasteiger partial charge in [0.1, 0.15) is 0 Å². The fourth-order valence-electron chi connectivity index (χ4n) is 0.644. The van der Waals surface area contributed by atoms with Gasteiger partial charge in [0.05, 0.1) is 8.07 Å². The fourth-order valence-corrected chi connectivity index (χ4v) is 3.77. The van der Waals surface area contributed by atoms with Crippen molar-refractivity contribution in [3.63, 3.8) is 0 Å². The molecule has 0 nitrogen and oxygen atoms in total. The SMILES string of the molecule is C=C=C(SC)[Si](C)(C)C. The van der Waals surface area contributed by atoms with Gasteiger partial charge >= 0.3 is 0 Å². The van der Waals surface area contributed by atoms with Crippen molar-refractivity contribution in [2.75, 3.05) is 6.26 Å². The van der Waals surface area contributed by atoms with Gasteiger partial charge in [-0.3, -0.25) is 0 Å². The lowest BCUT2D eigenvalue weighted by atomic mass is 11.0. The Labute approximate surface area is 63.1 Å². The molecule has 0 aliphatic rings. The van der Waals surface area contributed by atoms with Crippen LogP contribution in [0.25, 0.3) is 0 Å². The Bertz CT molecular complexity index is 137. The molecule has 0 aromatic heterocycles. The quantitative estimate of drug-likeness (QED) is 0.440. The summed E-state index contributed by atoms with van der Waals surface area (Å²) >= 11 is 1.78. The Morgan fingerprint density at radius 3 is 1.89 bits per heavy atom. The van der Waals surface area contributed by atoms with Crippen LogP contribution < -0.4 is 0 Å². The van der Waals surface area contributed by atoms with E-state index in [0.29, 0.717) is 0 Å². The summed E-state index contributed by atoms with van der Waals surface area (Å²) in [7, 11) is -1.08. The van der Waals surface area contributed by atoms with Gasteiger partial charge in [-0.2, -0.15) is 0 Å². The minimum absolute atomic E-state index is 1.08. The monoisotopic (exact) mass is 158 g/mol. The number of rotatable bonds is 2. The predicted molar refractivity (Wildman–Crippen MR) is 49.5 cm³/mol. The van der Waals surface area contributed by atoms with E-state index >= 15 is 0 Å². The maximum atomic E-state index is 3.65. The van der Waals surface area contributed by atoms with Gasteiger partial charge in [-0.05, 0) is 6.26 Å². The number of thioether (sulfide) groups is 1. The molecule has 0 aliphatic heterocycles. The lowest BCUT2D eigenvalue weighted by molar-refractivity contribution is 1.75. The van der Waals surface area contributed by atoms with E-state index in [2.05, 4.69) is 38.2 Å². The number of hydrogen-bond donors (Lipinski definition) is 0. The normalized spacial score (nSPS) is 10.7. The highest BCUT2D eigenvalue weighted by atomic mass is 32.2. The molecule has 0 heterocycles. The van der Waals surface area contributed by atoms with Crippen molar-refractivity contribution in [3.05, 3.63) is 16.8 Å². The van der Waals surface area contributed by atoms with Crippen molar-refractivity contribution in [2.45, 2.75) is 19.6 Å². The molecule has 0 rings (SSSR count). The first-order valence-corrected chi connectivity index (χ1v) is 7.69. The fraction of sp³-hybridized carbons (Fsp3) is 0.571. The van der Waals surface area contributed by atoms with E-state index in [1.54, 1.807) is 11.8 Å². The second-order valence-corrected chi connectivity index (χ2v) is 9.14. The van der Waals surface area contributed by atoms with Crippen LogP contribution in [0.1, 0.15) is 0 Å². The average molecular weight is 158 g/mol. The van der Waals surface area contributed by atoms with Crippen molar-refractivity contribution < 1.29 is 0 Å². The predicted octanol–water partition coefficient (Wildman–Crippen LogP) is 2.90. The molecule has 9 heavy (non-hydrogen) atoms. The molecule has 0 saturated heterocycles. The maximum absolute atomic E-state index is 3.65. The molecule has 0 aliphatic carbocycles. The molecule has 0 bridgehead atoms. The van der Waals surface area contributed by atoms with Crippen LogP contribution in [0.2, 0.25) is 19.6 Å². The molecular weight excluding hydrogens is 144 g/mol. The van der Waals surface area contributed by atoms with E-state index in [1.165, 1.54) is 4.53 Å². The first-order chi connectivity index (χ1) is 4.02. The van der Waals surface area contributed by atoms with Crippen molar-refractivity contribution in [1.82, 2.24) is 0 Å². The highest BCUT2D eigenvalue weighted by Crippen LogP contribution is 2.22. The summed E-state index contributed by atoms with van der Waals surface area (Å²) in [5.74, 6) is 0. The Morgan fingerprint density at radius 1 is 1.44 bits per heavy atom. The van der Waals surface area contributed by atoms with E-state index in [1.807, 2.05) is 0 Å². The first-order valence-electron chi connectivity index (χ1n) is 2.97. The van der Waals surface area contributed by atoms with Gasteiger partial charge < -0.3 is 0 Å². The highest BCUT2D eigenvalue weighted by Gasteiger charge is 2.17. The van der Waals surface area contributed by atoms with E-state index in [4.69, 9.17) is 0 Å². The molecule has 0 saturated carbocycles. The Morgan fingerprint density at radius 2 is 1.89 bits per heavy atom. The molecule has 0 aromatic rings. The summed E-state index contributed by atoms with van der Waals surface area (Å²) in [5.41, 5.74) is 2.98. The standard InChI is InChI=1S/C7H14SSi/c1-6-7(8-2)9(3,4)5/h1H2,2-5H3. The topological polar surface area (TPSA) is 0 Å². The summed E-state index contributed by atoms with van der Waals surface area (Å²) in [4.78, 5) is 0. The molecule has 0 radical (unpaired) electrons. The van der Waals surface area contributed by atoms with E-state index in [-0.39, 0.29) is 0 Å². The van der Waals surface area contributed by atoms with Crippen molar-refractivity contribution in [3.8, 4) is 0 Å². The minimum atomic E-state index is -1.08. The van der Waals surface area contributed by atoms with Gasteiger partial charge in [-0.1, -0.05) is 26.2 Å². The second-order valence-electron chi connectivity index (χ2n) is 2.96. The van der Waals surface area contributed by atoms with Crippen LogP contribution in [0, 0.1) is 0 Å². The Hall–Kier alpha value is 0.0869. The molecule has 0 N–H and O–H groups in total. The smallest absolute Gasteiger partial charge is 0.0957 e. The minimum Gasteiger partial charge on any atom is -0.130 e. The molecule has 0 aromatic carbocycles. The zero-order valence-electron chi connectivity index (χ0n) is 6.62. The first kappa shape index (κ1) is 9.09. The number of hydrogen-bond acceptors (Lipinski definition) is 1. The van der Waals surface area contributed by atoms with Gasteiger partial charge in [-0.15, -0.1) is 17.5 Å². The van der Waals surface area contributed by atoms with Crippen molar-refractivity contribution in [2.24, 2.45) is 0 Å². The van der Waals surface area contributed by atoms with Gasteiger partial charge in [0, 0.05) is 4.53 Å². The van der Waals surface area contributed by atoms with Crippen molar-refractivity contribution >= 4 is 19.8 Å². The summed E-state index contributed by atoms with van der Waals surface area (Å²) in [6.07, 6.45) is 2.09. The molecule has 0 fully saturated rings. The molecule has 52 valence electrons. The lowest BCUT2D eigenvalue weighted by Crippen LogP contribution is -2.21. The van der Waals surface area contributed by atoms with E-state index < -0.39 is 8.07 Å². The summed E-state index contributed by atoms with van der Waals surface area (Å²) in [6, 6.07) is 0. The lowest BCUT2D eigenvalue weighted by Gasteiger charge is -2.15. The van der Waals surface area contributed by atoms with Gasteiger partial charge in [0.2, 0.25) is 0 Å². The molecular formula is C7H14SSi. The van der Waals surface area contributed by atoms with Crippen LogP contribution in [0.5, 0.6) is 0 Å². The van der Waals surface area contributed by atoms with Crippen LogP contribution >= 0.6 is 11.8 Å². The molecule has 2 heteroatoms. The molecule has 0 atom stereocenters. The molecule has 0 unspecified atom stereocenters. The third kappa shape index (κ3) is 2.94. The van der Waals surface area contributed by atoms with Crippen LogP contribution in [0.4, 0.5) is 0 Å². The zero-order chi connectivity index (χ0) is 7.49. The second kappa shape index (κ2) is 3.30. The van der Waals surface area contributed by atoms with Crippen LogP contribution in [-0.4, -0.2) is 14.3 Å². The largest absolute Gasteiger partial charge is 0.130 e. The van der Waals surface area contributed by atoms with Crippen LogP contribution in [-0.2, 0) is 0 Å². The summed E-state index contributed by atoms with van der Waals surface area (Å²) in [5, 5.41) is 0. The zero-order valence-corrected chi connectivity index (χ0v) is 8.43. The third-order valence-electron chi connectivity index (χ3n) is 1.05. The van der Waals surface area contributed by atoms with Gasteiger partial charge in [0.25, 0.3) is 0 Å². The van der Waals surface area contributed by atoms with Gasteiger partial charge in [0.15, 0.2) is 0 Å². The van der Waals surface area contributed by atoms with Gasteiger partial charge in [-0.25, -0.2) is 0 Å². The Kier molecular flexibility index (Phi) is 3.34. The third-order valence-corrected chi connectivity index (χ3v) is 5.59. The maximum Gasteiger partial charge on any atom is 0.0957 e. The molecule has 0 spiro atoms. The summed E-state index contributed by atoms with van der Waals surface area (Å²) < 4.78 is 1.36. The van der Waals surface area contributed by atoms with Crippen LogP contribution in [0.3, 0.4) is 0 Å². The highest BCUT2D eigenvalue weighted by molar-refractivity contribution is 8.04. The van der Waals surface area contributed by atoms with E-state index in [0.717, 1.165) is 0 Å². The van der Waals surface area contributed by atoms with E-state index in [9.17, 15) is 0 Å². The van der Waals surface area contributed by atoms with Crippen molar-refractivity contribution in [1.29, 1.82) is 0 Å². The Balaban J connectivity index is 4.33. The average Bonchev–Trinajstić information content (AvgIpc) is 1.65. The van der Waals surface area contributed by atoms with Crippen LogP contribution in [0.15, 0.2) is 16.8 Å².